The summed E-state index contributed by atoms with van der Waals surface area (Å²) in [5.41, 5.74) is 1.54. The molecule has 0 spiro atoms. The van der Waals surface area contributed by atoms with E-state index in [1.54, 1.807) is 0 Å². The number of carbonyl (C=O) groups is 1. The molecule has 1 saturated heterocycles. The van der Waals surface area contributed by atoms with Crippen LogP contribution < -0.4 is 5.32 Å². The minimum Gasteiger partial charge on any atom is -0.468 e. The van der Waals surface area contributed by atoms with Crippen molar-refractivity contribution in [1.82, 2.24) is 5.32 Å². The van der Waals surface area contributed by atoms with Gasteiger partial charge in [-0.15, -0.1) is 0 Å². The first-order valence-electron chi connectivity index (χ1n) is 6.75. The minimum atomic E-state index is 0.238. The molecule has 1 N–H and O–H groups in total. The molecule has 0 unspecified atom stereocenters. The van der Waals surface area contributed by atoms with Gasteiger partial charge in [0, 0.05) is 5.02 Å². The van der Waals surface area contributed by atoms with Crippen LogP contribution in [-0.4, -0.2) is 26.2 Å². The highest BCUT2D eigenvalue weighted by Crippen LogP contribution is 2.36. The summed E-state index contributed by atoms with van der Waals surface area (Å²) in [7, 11) is 0. The van der Waals surface area contributed by atoms with E-state index in [-0.39, 0.29) is 5.41 Å². The molecule has 4 heteroatoms. The standard InChI is InChI=1S/C15H20ClNO2/c16-14-3-1-13(2-4-14)11-15(7-10-19-12-18)5-8-17-9-6-15/h1-4,12,17H,5-11H2. The van der Waals surface area contributed by atoms with Crippen molar-refractivity contribution in [3.63, 3.8) is 0 Å². The molecule has 0 saturated carbocycles. The minimum absolute atomic E-state index is 0.238. The van der Waals surface area contributed by atoms with Gasteiger partial charge >= 0.3 is 0 Å². The van der Waals surface area contributed by atoms with Gasteiger partial charge in [-0.3, -0.25) is 4.79 Å². The molecule has 0 aromatic heterocycles. The first-order chi connectivity index (χ1) is 9.24. The topological polar surface area (TPSA) is 38.3 Å². The predicted octanol–water partition coefficient (Wildman–Crippen LogP) is 2.82. The highest BCUT2D eigenvalue weighted by atomic mass is 35.5. The zero-order valence-electron chi connectivity index (χ0n) is 11.0. The van der Waals surface area contributed by atoms with Crippen LogP contribution in [0.3, 0.4) is 0 Å². The van der Waals surface area contributed by atoms with Crippen molar-refractivity contribution < 1.29 is 9.53 Å². The van der Waals surface area contributed by atoms with Crippen LogP contribution >= 0.6 is 11.6 Å². The Balaban J connectivity index is 2.03. The fourth-order valence-corrected chi connectivity index (χ4v) is 2.96. The summed E-state index contributed by atoms with van der Waals surface area (Å²) in [6.07, 6.45) is 4.19. The van der Waals surface area contributed by atoms with Gasteiger partial charge in [-0.1, -0.05) is 23.7 Å². The molecule has 0 aliphatic carbocycles. The van der Waals surface area contributed by atoms with Gasteiger partial charge in [-0.2, -0.15) is 0 Å². The maximum Gasteiger partial charge on any atom is 0.293 e. The molecule has 19 heavy (non-hydrogen) atoms. The number of hydrogen-bond donors (Lipinski definition) is 1. The van der Waals surface area contributed by atoms with Crippen molar-refractivity contribution in [2.45, 2.75) is 25.7 Å². The normalized spacial score (nSPS) is 17.9. The van der Waals surface area contributed by atoms with Crippen LogP contribution in [0, 0.1) is 5.41 Å². The Labute approximate surface area is 119 Å². The smallest absolute Gasteiger partial charge is 0.293 e. The Kier molecular flexibility index (Phi) is 5.23. The third-order valence-electron chi connectivity index (χ3n) is 3.97. The monoisotopic (exact) mass is 281 g/mol. The summed E-state index contributed by atoms with van der Waals surface area (Å²) in [5.74, 6) is 0. The molecular formula is C15H20ClNO2. The van der Waals surface area contributed by atoms with Gasteiger partial charge in [0.15, 0.2) is 0 Å². The number of benzene rings is 1. The summed E-state index contributed by atoms with van der Waals surface area (Å²) < 4.78 is 4.90. The third-order valence-corrected chi connectivity index (χ3v) is 4.23. The summed E-state index contributed by atoms with van der Waals surface area (Å²) in [6, 6.07) is 8.06. The molecule has 1 heterocycles. The van der Waals surface area contributed by atoms with E-state index in [0.717, 1.165) is 43.8 Å². The van der Waals surface area contributed by atoms with Crippen molar-refractivity contribution in [1.29, 1.82) is 0 Å². The average molecular weight is 282 g/mol. The first kappa shape index (κ1) is 14.4. The quantitative estimate of drug-likeness (QED) is 0.644. The third kappa shape index (κ3) is 4.22. The molecule has 1 aliphatic heterocycles. The molecule has 104 valence electrons. The summed E-state index contributed by atoms with van der Waals surface area (Å²) in [5, 5.41) is 4.16. The van der Waals surface area contributed by atoms with Gasteiger partial charge in [-0.05, 0) is 61.9 Å². The van der Waals surface area contributed by atoms with Gasteiger partial charge < -0.3 is 10.1 Å². The lowest BCUT2D eigenvalue weighted by atomic mass is 9.72. The van der Waals surface area contributed by atoms with Crippen molar-refractivity contribution in [2.75, 3.05) is 19.7 Å². The molecule has 1 aliphatic rings. The molecule has 1 aromatic rings. The van der Waals surface area contributed by atoms with Crippen LogP contribution in [0.5, 0.6) is 0 Å². The van der Waals surface area contributed by atoms with Crippen LogP contribution in [0.25, 0.3) is 0 Å². The van der Waals surface area contributed by atoms with Gasteiger partial charge in [0.05, 0.1) is 6.61 Å². The van der Waals surface area contributed by atoms with Crippen molar-refractivity contribution in [2.24, 2.45) is 5.41 Å². The van der Waals surface area contributed by atoms with Gasteiger partial charge in [-0.25, -0.2) is 0 Å². The Hall–Kier alpha value is -1.06. The van der Waals surface area contributed by atoms with Gasteiger partial charge in [0.2, 0.25) is 0 Å². The fraction of sp³-hybridized carbons (Fsp3) is 0.533. The zero-order chi connectivity index (χ0) is 13.6. The van der Waals surface area contributed by atoms with Gasteiger partial charge in [0.25, 0.3) is 6.47 Å². The summed E-state index contributed by atoms with van der Waals surface area (Å²) in [6.45, 7) is 3.12. The van der Waals surface area contributed by atoms with Crippen molar-refractivity contribution in [3.8, 4) is 0 Å². The second-order valence-corrected chi connectivity index (χ2v) is 5.71. The number of piperidine rings is 1. The second-order valence-electron chi connectivity index (χ2n) is 5.27. The molecule has 0 radical (unpaired) electrons. The molecule has 1 aromatic carbocycles. The molecule has 2 rings (SSSR count). The summed E-state index contributed by atoms with van der Waals surface area (Å²) in [4.78, 5) is 10.3. The molecular weight excluding hydrogens is 262 g/mol. The fourth-order valence-electron chi connectivity index (χ4n) is 2.83. The highest BCUT2D eigenvalue weighted by Gasteiger charge is 2.31. The van der Waals surface area contributed by atoms with Crippen molar-refractivity contribution in [3.05, 3.63) is 34.9 Å². The second kappa shape index (κ2) is 6.92. The maximum atomic E-state index is 10.3. The molecule has 3 nitrogen and oxygen atoms in total. The first-order valence-corrected chi connectivity index (χ1v) is 7.12. The van der Waals surface area contributed by atoms with E-state index in [9.17, 15) is 4.79 Å². The SMILES string of the molecule is O=COCCC1(Cc2ccc(Cl)cc2)CCNCC1. The zero-order valence-corrected chi connectivity index (χ0v) is 11.8. The van der Waals surface area contributed by atoms with Crippen LogP contribution in [0.1, 0.15) is 24.8 Å². The van der Waals surface area contributed by atoms with E-state index in [1.165, 1.54) is 5.56 Å². The van der Waals surface area contributed by atoms with Crippen molar-refractivity contribution >= 4 is 18.1 Å². The maximum absolute atomic E-state index is 10.3. The number of carbonyl (C=O) groups excluding carboxylic acids is 1. The van der Waals surface area contributed by atoms with E-state index in [0.29, 0.717) is 13.1 Å². The van der Waals surface area contributed by atoms with E-state index < -0.39 is 0 Å². The molecule has 1 fully saturated rings. The van der Waals surface area contributed by atoms with Crippen LogP contribution in [0.4, 0.5) is 0 Å². The largest absolute Gasteiger partial charge is 0.468 e. The summed E-state index contributed by atoms with van der Waals surface area (Å²) >= 11 is 5.92. The number of ether oxygens (including phenoxy) is 1. The van der Waals surface area contributed by atoms with E-state index in [4.69, 9.17) is 16.3 Å². The van der Waals surface area contributed by atoms with Gasteiger partial charge in [0.1, 0.15) is 0 Å². The molecule has 0 bridgehead atoms. The lowest BCUT2D eigenvalue weighted by Crippen LogP contribution is -2.39. The number of hydrogen-bond acceptors (Lipinski definition) is 3. The van der Waals surface area contributed by atoms with E-state index in [1.807, 2.05) is 12.1 Å². The van der Waals surface area contributed by atoms with E-state index in [2.05, 4.69) is 17.4 Å². The Morgan fingerprint density at radius 1 is 1.26 bits per heavy atom. The lowest BCUT2D eigenvalue weighted by molar-refractivity contribution is -0.129. The van der Waals surface area contributed by atoms with E-state index >= 15 is 0 Å². The highest BCUT2D eigenvalue weighted by molar-refractivity contribution is 6.30. The molecule has 0 amide bonds. The number of halogens is 1. The Bertz CT molecular complexity index is 399. The average Bonchev–Trinajstić information content (AvgIpc) is 2.43. The van der Waals surface area contributed by atoms with Crippen LogP contribution in [0.15, 0.2) is 24.3 Å². The number of rotatable bonds is 6. The predicted molar refractivity (Wildman–Crippen MR) is 76.3 cm³/mol. The Morgan fingerprint density at radius 3 is 2.58 bits per heavy atom. The number of nitrogens with one attached hydrogen (secondary N) is 1. The van der Waals surface area contributed by atoms with Crippen LogP contribution in [0.2, 0.25) is 5.02 Å². The lowest BCUT2D eigenvalue weighted by Gasteiger charge is -2.37. The molecule has 0 atom stereocenters. The Morgan fingerprint density at radius 2 is 1.95 bits per heavy atom. The van der Waals surface area contributed by atoms with Crippen LogP contribution in [-0.2, 0) is 16.0 Å².